The standard InChI is InChI=1S/C19H30N2O3S.ClH/c1-19(20)9-7-6-8-14(19)18(22)21(2)12-13-10-15(23-3)16(24-4)11-17(13)25-5;/h10-11,14H,6-9,12,20H2,1-5H3;1H. The van der Waals surface area contributed by atoms with Crippen molar-refractivity contribution < 1.29 is 14.3 Å². The van der Waals surface area contributed by atoms with Gasteiger partial charge in [0.05, 0.1) is 20.1 Å². The molecule has 1 aromatic carbocycles. The molecule has 1 aliphatic rings. The molecule has 1 fully saturated rings. The molecule has 0 aromatic heterocycles. The fourth-order valence-electron chi connectivity index (χ4n) is 3.58. The summed E-state index contributed by atoms with van der Waals surface area (Å²) in [4.78, 5) is 15.9. The van der Waals surface area contributed by atoms with Gasteiger partial charge < -0.3 is 20.1 Å². The molecule has 7 heteroatoms. The fourth-order valence-corrected chi connectivity index (χ4v) is 4.19. The monoisotopic (exact) mass is 402 g/mol. The summed E-state index contributed by atoms with van der Waals surface area (Å²) in [6.45, 7) is 2.54. The number of carbonyl (C=O) groups is 1. The average Bonchev–Trinajstić information content (AvgIpc) is 2.60. The van der Waals surface area contributed by atoms with Crippen molar-refractivity contribution in [2.45, 2.75) is 49.6 Å². The normalized spacial score (nSPS) is 22.3. The fraction of sp³-hybridized carbons (Fsp3) is 0.632. The van der Waals surface area contributed by atoms with E-state index in [-0.39, 0.29) is 24.2 Å². The molecule has 0 radical (unpaired) electrons. The highest BCUT2D eigenvalue weighted by molar-refractivity contribution is 7.98. The van der Waals surface area contributed by atoms with Crippen LogP contribution < -0.4 is 15.2 Å². The summed E-state index contributed by atoms with van der Waals surface area (Å²) < 4.78 is 10.8. The Kier molecular flexibility index (Phi) is 8.57. The van der Waals surface area contributed by atoms with Crippen molar-refractivity contribution in [2.75, 3.05) is 27.5 Å². The van der Waals surface area contributed by atoms with E-state index in [2.05, 4.69) is 0 Å². The molecule has 1 aromatic rings. The van der Waals surface area contributed by atoms with Gasteiger partial charge in [-0.15, -0.1) is 24.2 Å². The topological polar surface area (TPSA) is 64.8 Å². The molecule has 148 valence electrons. The maximum Gasteiger partial charge on any atom is 0.227 e. The Morgan fingerprint density at radius 1 is 1.31 bits per heavy atom. The van der Waals surface area contributed by atoms with Crippen LogP contribution in [0, 0.1) is 5.92 Å². The Balaban J connectivity index is 0.00000338. The SMILES string of the molecule is COc1cc(CN(C)C(=O)C2CCCCC2(C)N)c(SC)cc1OC.Cl. The molecule has 0 aliphatic heterocycles. The average molecular weight is 403 g/mol. The third-order valence-corrected chi connectivity index (χ3v) is 5.94. The van der Waals surface area contributed by atoms with E-state index >= 15 is 0 Å². The second-order valence-electron chi connectivity index (χ2n) is 7.02. The Hall–Kier alpha value is -1.11. The number of hydrogen-bond donors (Lipinski definition) is 1. The quantitative estimate of drug-likeness (QED) is 0.734. The first kappa shape index (κ1) is 22.9. The molecule has 0 heterocycles. The van der Waals surface area contributed by atoms with E-state index in [4.69, 9.17) is 15.2 Å². The van der Waals surface area contributed by atoms with Crippen LogP contribution in [-0.4, -0.2) is 43.9 Å². The van der Waals surface area contributed by atoms with Crippen molar-refractivity contribution in [1.29, 1.82) is 0 Å². The zero-order valence-electron chi connectivity index (χ0n) is 16.3. The largest absolute Gasteiger partial charge is 0.493 e. The highest BCUT2D eigenvalue weighted by Crippen LogP contribution is 2.36. The van der Waals surface area contributed by atoms with E-state index < -0.39 is 5.54 Å². The van der Waals surface area contributed by atoms with Crippen LogP contribution in [0.3, 0.4) is 0 Å². The molecule has 26 heavy (non-hydrogen) atoms. The number of thioether (sulfide) groups is 1. The van der Waals surface area contributed by atoms with Crippen molar-refractivity contribution in [2.24, 2.45) is 11.7 Å². The Labute approximate surface area is 167 Å². The van der Waals surface area contributed by atoms with Gasteiger partial charge in [0.25, 0.3) is 0 Å². The molecule has 2 rings (SSSR count). The van der Waals surface area contributed by atoms with Crippen molar-refractivity contribution in [1.82, 2.24) is 4.90 Å². The first-order valence-electron chi connectivity index (χ1n) is 8.66. The van der Waals surface area contributed by atoms with Gasteiger partial charge in [0, 0.05) is 24.0 Å². The lowest BCUT2D eigenvalue weighted by atomic mass is 9.74. The van der Waals surface area contributed by atoms with E-state index in [1.807, 2.05) is 32.4 Å². The molecular formula is C19H31ClN2O3S. The van der Waals surface area contributed by atoms with Gasteiger partial charge in [-0.05, 0) is 43.7 Å². The molecule has 1 aliphatic carbocycles. The second kappa shape index (κ2) is 9.72. The molecule has 1 saturated carbocycles. The Bertz CT molecular complexity index is 625. The third kappa shape index (κ3) is 4.99. The highest BCUT2D eigenvalue weighted by Gasteiger charge is 2.39. The number of amides is 1. The van der Waals surface area contributed by atoms with Crippen LogP contribution in [0.4, 0.5) is 0 Å². The van der Waals surface area contributed by atoms with Gasteiger partial charge in [-0.1, -0.05) is 12.8 Å². The number of rotatable bonds is 6. The maximum atomic E-state index is 13.0. The van der Waals surface area contributed by atoms with Crippen molar-refractivity contribution in [3.8, 4) is 11.5 Å². The van der Waals surface area contributed by atoms with Crippen LogP contribution in [0.5, 0.6) is 11.5 Å². The number of methoxy groups -OCH3 is 2. The first-order chi connectivity index (χ1) is 11.8. The smallest absolute Gasteiger partial charge is 0.227 e. The molecular weight excluding hydrogens is 372 g/mol. The molecule has 5 nitrogen and oxygen atoms in total. The summed E-state index contributed by atoms with van der Waals surface area (Å²) in [5.41, 5.74) is 7.04. The molecule has 1 amide bonds. The minimum absolute atomic E-state index is 0. The summed E-state index contributed by atoms with van der Waals surface area (Å²) in [5.74, 6) is 1.40. The number of halogens is 1. The van der Waals surface area contributed by atoms with Crippen LogP contribution in [0.25, 0.3) is 0 Å². The van der Waals surface area contributed by atoms with E-state index in [1.54, 1.807) is 30.9 Å². The van der Waals surface area contributed by atoms with E-state index in [1.165, 1.54) is 0 Å². The predicted octanol–water partition coefficient (Wildman–Crippen LogP) is 3.71. The molecule has 2 atom stereocenters. The van der Waals surface area contributed by atoms with Gasteiger partial charge in [-0.2, -0.15) is 0 Å². The molecule has 0 saturated heterocycles. The number of benzene rings is 1. The van der Waals surface area contributed by atoms with Crippen LogP contribution in [0.1, 0.15) is 38.2 Å². The van der Waals surface area contributed by atoms with Crippen LogP contribution in [0.2, 0.25) is 0 Å². The summed E-state index contributed by atoms with van der Waals surface area (Å²) >= 11 is 1.64. The Morgan fingerprint density at radius 3 is 2.46 bits per heavy atom. The van der Waals surface area contributed by atoms with Gasteiger partial charge in [0.2, 0.25) is 5.91 Å². The van der Waals surface area contributed by atoms with Gasteiger partial charge >= 0.3 is 0 Å². The van der Waals surface area contributed by atoms with Crippen molar-refractivity contribution >= 4 is 30.1 Å². The minimum Gasteiger partial charge on any atom is -0.493 e. The summed E-state index contributed by atoms with van der Waals surface area (Å²) in [6.07, 6.45) is 5.97. The van der Waals surface area contributed by atoms with Gasteiger partial charge in [0.1, 0.15) is 0 Å². The molecule has 2 unspecified atom stereocenters. The minimum atomic E-state index is -0.413. The Morgan fingerprint density at radius 2 is 1.92 bits per heavy atom. The van der Waals surface area contributed by atoms with Gasteiger partial charge in [-0.25, -0.2) is 0 Å². The van der Waals surface area contributed by atoms with Crippen molar-refractivity contribution in [3.05, 3.63) is 17.7 Å². The van der Waals surface area contributed by atoms with Crippen LogP contribution >= 0.6 is 24.2 Å². The molecule has 2 N–H and O–H groups in total. The highest BCUT2D eigenvalue weighted by atomic mass is 35.5. The summed E-state index contributed by atoms with van der Waals surface area (Å²) in [6, 6.07) is 3.92. The summed E-state index contributed by atoms with van der Waals surface area (Å²) in [5, 5.41) is 0. The molecule has 0 bridgehead atoms. The number of nitrogens with two attached hydrogens (primary N) is 1. The molecule has 0 spiro atoms. The van der Waals surface area contributed by atoms with Crippen LogP contribution in [0.15, 0.2) is 17.0 Å². The number of nitrogens with zero attached hydrogens (tertiary/aromatic N) is 1. The summed E-state index contributed by atoms with van der Waals surface area (Å²) in [7, 11) is 5.10. The lowest BCUT2D eigenvalue weighted by Crippen LogP contribution is -2.53. The number of ether oxygens (including phenoxy) is 2. The van der Waals surface area contributed by atoms with E-state index in [0.29, 0.717) is 18.0 Å². The van der Waals surface area contributed by atoms with E-state index in [0.717, 1.165) is 36.1 Å². The zero-order chi connectivity index (χ0) is 18.6. The maximum absolute atomic E-state index is 13.0. The lowest BCUT2D eigenvalue weighted by Gasteiger charge is -2.39. The predicted molar refractivity (Wildman–Crippen MR) is 110 cm³/mol. The van der Waals surface area contributed by atoms with Crippen LogP contribution in [-0.2, 0) is 11.3 Å². The van der Waals surface area contributed by atoms with Crippen molar-refractivity contribution in [3.63, 3.8) is 0 Å². The lowest BCUT2D eigenvalue weighted by molar-refractivity contribution is -0.138. The first-order valence-corrected chi connectivity index (χ1v) is 9.89. The number of hydrogen-bond acceptors (Lipinski definition) is 5. The van der Waals surface area contributed by atoms with Gasteiger partial charge in [-0.3, -0.25) is 4.79 Å². The van der Waals surface area contributed by atoms with Gasteiger partial charge in [0.15, 0.2) is 11.5 Å². The number of carbonyl (C=O) groups excluding carboxylic acids is 1. The second-order valence-corrected chi connectivity index (χ2v) is 7.87. The third-order valence-electron chi connectivity index (χ3n) is 5.12. The zero-order valence-corrected chi connectivity index (χ0v) is 18.0. The van der Waals surface area contributed by atoms with E-state index in [9.17, 15) is 4.79 Å².